The first-order valence-corrected chi connectivity index (χ1v) is 13.2. The highest BCUT2D eigenvalue weighted by Gasteiger charge is 2.14. The van der Waals surface area contributed by atoms with Crippen LogP contribution in [0.1, 0.15) is 0 Å². The lowest BCUT2D eigenvalue weighted by Gasteiger charge is -2.13. The molecule has 0 N–H and O–H groups in total. The Kier molecular flexibility index (Phi) is 6.11. The summed E-state index contributed by atoms with van der Waals surface area (Å²) in [4.78, 5) is 19.0. The fourth-order valence-corrected chi connectivity index (χ4v) is 5.09. The summed E-state index contributed by atoms with van der Waals surface area (Å²) in [7, 11) is 0. The van der Waals surface area contributed by atoms with Gasteiger partial charge in [0.1, 0.15) is 0 Å². The van der Waals surface area contributed by atoms with Crippen molar-refractivity contribution in [3.8, 4) is 56.4 Å². The molecule has 0 aliphatic carbocycles. The van der Waals surface area contributed by atoms with Crippen molar-refractivity contribution in [2.45, 2.75) is 0 Å². The van der Waals surface area contributed by atoms with Crippen molar-refractivity contribution in [3.05, 3.63) is 146 Å². The van der Waals surface area contributed by atoms with Crippen LogP contribution in [0.4, 0.5) is 0 Å². The smallest absolute Gasteiger partial charge is 0.164 e. The number of rotatable bonds is 5. The molecule has 7 rings (SSSR count). The maximum atomic E-state index is 4.92. The van der Waals surface area contributed by atoms with Gasteiger partial charge in [-0.1, -0.05) is 121 Å². The van der Waals surface area contributed by atoms with Crippen LogP contribution in [0.3, 0.4) is 0 Å². The molecule has 0 amide bonds. The van der Waals surface area contributed by atoms with E-state index < -0.39 is 0 Å². The van der Waals surface area contributed by atoms with Gasteiger partial charge in [0.25, 0.3) is 0 Å². The topological polar surface area (TPSA) is 51.6 Å². The van der Waals surface area contributed by atoms with Crippen molar-refractivity contribution < 1.29 is 0 Å². The summed E-state index contributed by atoms with van der Waals surface area (Å²) in [5.74, 6) is 1.95. The molecule has 0 atom stereocenters. The van der Waals surface area contributed by atoms with Crippen molar-refractivity contribution in [2.24, 2.45) is 0 Å². The van der Waals surface area contributed by atoms with Gasteiger partial charge in [0.2, 0.25) is 0 Å². The quantitative estimate of drug-likeness (QED) is 0.231. The van der Waals surface area contributed by atoms with E-state index in [2.05, 4.69) is 71.7 Å². The molecular weight excluding hydrogens is 488 g/mol. The van der Waals surface area contributed by atoms with Crippen molar-refractivity contribution in [1.29, 1.82) is 0 Å². The van der Waals surface area contributed by atoms with Crippen LogP contribution in [0, 0.1) is 0 Å². The zero-order valence-electron chi connectivity index (χ0n) is 21.6. The van der Waals surface area contributed by atoms with E-state index in [1.54, 1.807) is 6.20 Å². The summed E-state index contributed by atoms with van der Waals surface area (Å²) >= 11 is 0. The second kappa shape index (κ2) is 10.4. The summed E-state index contributed by atoms with van der Waals surface area (Å²) in [5.41, 5.74) is 7.38. The van der Waals surface area contributed by atoms with Gasteiger partial charge in [-0.15, -0.1) is 0 Å². The zero-order chi connectivity index (χ0) is 26.7. The molecule has 0 unspecified atom stereocenters. The van der Waals surface area contributed by atoms with Gasteiger partial charge < -0.3 is 0 Å². The minimum absolute atomic E-state index is 0.644. The number of nitrogens with zero attached hydrogens (tertiary/aromatic N) is 4. The maximum Gasteiger partial charge on any atom is 0.164 e. The summed E-state index contributed by atoms with van der Waals surface area (Å²) < 4.78 is 0. The van der Waals surface area contributed by atoms with Gasteiger partial charge in [-0.2, -0.15) is 0 Å². The molecule has 0 spiro atoms. The molecule has 0 aliphatic heterocycles. The maximum absolute atomic E-state index is 4.92. The third-order valence-electron chi connectivity index (χ3n) is 7.03. The third kappa shape index (κ3) is 4.52. The Labute approximate surface area is 232 Å². The molecule has 5 aromatic carbocycles. The van der Waals surface area contributed by atoms with E-state index in [0.29, 0.717) is 17.5 Å². The molecule has 4 nitrogen and oxygen atoms in total. The van der Waals surface area contributed by atoms with Crippen molar-refractivity contribution in [2.75, 3.05) is 0 Å². The van der Waals surface area contributed by atoms with E-state index in [9.17, 15) is 0 Å². The van der Waals surface area contributed by atoms with Gasteiger partial charge in [0, 0.05) is 34.6 Å². The lowest BCUT2D eigenvalue weighted by atomic mass is 9.92. The van der Waals surface area contributed by atoms with E-state index in [0.717, 1.165) is 33.4 Å². The molecule has 4 heteroatoms. The van der Waals surface area contributed by atoms with Gasteiger partial charge in [-0.3, -0.25) is 4.98 Å². The van der Waals surface area contributed by atoms with Crippen molar-refractivity contribution >= 4 is 10.8 Å². The molecule has 0 fully saturated rings. The number of fused-ring (bicyclic) bond motifs is 1. The van der Waals surface area contributed by atoms with Gasteiger partial charge >= 0.3 is 0 Å². The lowest BCUT2D eigenvalue weighted by molar-refractivity contribution is 1.07. The standard InChI is InChI=1S/C36H24N4/c1-3-11-25(12-4-1)34-38-35(26-13-5-2-6-14-26)40-36(39-34)28-16-9-15-27(23-28)30-20-21-31(29-17-10-22-37-24-29)33-19-8-7-18-32(30)33/h1-24H. The normalized spacial score (nSPS) is 11.0. The van der Waals surface area contributed by atoms with E-state index in [1.165, 1.54) is 16.3 Å². The molecular formula is C36H24N4. The number of hydrogen-bond donors (Lipinski definition) is 0. The molecule has 7 aromatic rings. The van der Waals surface area contributed by atoms with Crippen LogP contribution >= 0.6 is 0 Å². The summed E-state index contributed by atoms with van der Waals surface area (Å²) in [5, 5.41) is 2.38. The molecule has 188 valence electrons. The molecule has 40 heavy (non-hydrogen) atoms. The average Bonchev–Trinajstić information content (AvgIpc) is 3.05. The highest BCUT2D eigenvalue weighted by Crippen LogP contribution is 2.36. The van der Waals surface area contributed by atoms with Crippen LogP contribution in [0.25, 0.3) is 67.2 Å². The van der Waals surface area contributed by atoms with Crippen LogP contribution in [0.2, 0.25) is 0 Å². The zero-order valence-corrected chi connectivity index (χ0v) is 21.6. The highest BCUT2D eigenvalue weighted by atomic mass is 15.0. The minimum atomic E-state index is 0.644. The predicted octanol–water partition coefficient (Wildman–Crippen LogP) is 8.75. The van der Waals surface area contributed by atoms with Gasteiger partial charge in [0.15, 0.2) is 17.5 Å². The number of pyridine rings is 1. The molecule has 0 bridgehead atoms. The first kappa shape index (κ1) is 23.6. The fourth-order valence-electron chi connectivity index (χ4n) is 5.09. The van der Waals surface area contributed by atoms with E-state index in [1.807, 2.05) is 72.9 Å². The second-order valence-electron chi connectivity index (χ2n) is 9.57. The fraction of sp³-hybridized carbons (Fsp3) is 0. The van der Waals surface area contributed by atoms with Crippen LogP contribution in [-0.2, 0) is 0 Å². The predicted molar refractivity (Wildman–Crippen MR) is 162 cm³/mol. The number of aromatic nitrogens is 4. The second-order valence-corrected chi connectivity index (χ2v) is 9.57. The summed E-state index contributed by atoms with van der Waals surface area (Å²) in [6.07, 6.45) is 3.72. The Balaban J connectivity index is 1.37. The molecule has 2 heterocycles. The largest absolute Gasteiger partial charge is 0.264 e. The Morgan fingerprint density at radius 3 is 1.40 bits per heavy atom. The van der Waals surface area contributed by atoms with Crippen molar-refractivity contribution in [1.82, 2.24) is 19.9 Å². The average molecular weight is 513 g/mol. The highest BCUT2D eigenvalue weighted by molar-refractivity contribution is 6.05. The van der Waals surface area contributed by atoms with Gasteiger partial charge in [-0.05, 0) is 39.6 Å². The monoisotopic (exact) mass is 512 g/mol. The van der Waals surface area contributed by atoms with Crippen LogP contribution in [-0.4, -0.2) is 19.9 Å². The molecule has 0 saturated heterocycles. The number of hydrogen-bond acceptors (Lipinski definition) is 4. The summed E-state index contributed by atoms with van der Waals surface area (Å²) in [6.45, 7) is 0. The van der Waals surface area contributed by atoms with E-state index in [4.69, 9.17) is 15.0 Å². The summed E-state index contributed by atoms with van der Waals surface area (Å²) in [6, 6.07) is 45.6. The van der Waals surface area contributed by atoms with Crippen LogP contribution in [0.15, 0.2) is 146 Å². The van der Waals surface area contributed by atoms with Crippen LogP contribution < -0.4 is 0 Å². The minimum Gasteiger partial charge on any atom is -0.264 e. The molecule has 0 radical (unpaired) electrons. The van der Waals surface area contributed by atoms with E-state index in [-0.39, 0.29) is 0 Å². The lowest BCUT2D eigenvalue weighted by Crippen LogP contribution is -2.00. The Bertz CT molecular complexity index is 1880. The van der Waals surface area contributed by atoms with Crippen molar-refractivity contribution in [3.63, 3.8) is 0 Å². The Morgan fingerprint density at radius 2 is 0.825 bits per heavy atom. The SMILES string of the molecule is c1ccc(-c2nc(-c3ccccc3)nc(-c3cccc(-c4ccc(-c5cccnc5)c5ccccc45)c3)n2)cc1. The Hall–Kier alpha value is -5.48. The molecule has 0 aliphatic rings. The molecule has 2 aromatic heterocycles. The van der Waals surface area contributed by atoms with Crippen LogP contribution in [0.5, 0.6) is 0 Å². The number of benzene rings is 5. The third-order valence-corrected chi connectivity index (χ3v) is 7.03. The van der Waals surface area contributed by atoms with Gasteiger partial charge in [0.05, 0.1) is 0 Å². The first-order chi connectivity index (χ1) is 19.8. The van der Waals surface area contributed by atoms with E-state index >= 15 is 0 Å². The molecule has 0 saturated carbocycles. The Morgan fingerprint density at radius 1 is 0.350 bits per heavy atom. The van der Waals surface area contributed by atoms with Gasteiger partial charge in [-0.25, -0.2) is 15.0 Å². The first-order valence-electron chi connectivity index (χ1n) is 13.2.